The third-order valence-electron chi connectivity index (χ3n) is 4.77. The molecule has 172 valence electrons. The number of fused-ring (bicyclic) bond motifs is 1. The first-order chi connectivity index (χ1) is 15.1. The van der Waals surface area contributed by atoms with Crippen molar-refractivity contribution in [2.75, 3.05) is 27.4 Å². The average molecular weight is 464 g/mol. The van der Waals surface area contributed by atoms with E-state index in [9.17, 15) is 18.0 Å². The van der Waals surface area contributed by atoms with Gasteiger partial charge in [0, 0.05) is 18.5 Å². The molecule has 32 heavy (non-hydrogen) atoms. The summed E-state index contributed by atoms with van der Waals surface area (Å²) in [4.78, 5) is 23.5. The molecule has 1 aliphatic heterocycles. The molecule has 1 heterocycles. The second kappa shape index (κ2) is 9.17. The molecule has 0 saturated carbocycles. The minimum atomic E-state index is -4.05. The van der Waals surface area contributed by atoms with Crippen molar-refractivity contribution in [3.8, 4) is 11.5 Å². The van der Waals surface area contributed by atoms with E-state index in [2.05, 4.69) is 14.2 Å². The average Bonchev–Trinajstić information content (AvgIpc) is 3.09. The molecule has 0 saturated heterocycles. The van der Waals surface area contributed by atoms with Crippen LogP contribution in [-0.2, 0) is 25.9 Å². The number of para-hydroxylation sites is 1. The third kappa shape index (κ3) is 5.20. The maximum atomic E-state index is 12.7. The summed E-state index contributed by atoms with van der Waals surface area (Å²) >= 11 is 0. The number of hydrogen-bond acceptors (Lipinski definition) is 8. The van der Waals surface area contributed by atoms with Crippen molar-refractivity contribution in [2.45, 2.75) is 30.8 Å². The summed E-state index contributed by atoms with van der Waals surface area (Å²) < 4.78 is 48.8. The predicted octanol–water partition coefficient (Wildman–Crippen LogP) is 2.33. The maximum Gasteiger partial charge on any atom is 0.337 e. The van der Waals surface area contributed by atoms with Gasteiger partial charge in [0.25, 0.3) is 0 Å². The summed E-state index contributed by atoms with van der Waals surface area (Å²) in [5.74, 6) is -0.366. The molecular formula is C22H25NO8S. The number of benzene rings is 2. The highest BCUT2D eigenvalue weighted by atomic mass is 32.2. The zero-order valence-electron chi connectivity index (χ0n) is 18.3. The van der Waals surface area contributed by atoms with Gasteiger partial charge in [0.15, 0.2) is 11.5 Å². The van der Waals surface area contributed by atoms with Gasteiger partial charge >= 0.3 is 11.9 Å². The third-order valence-corrected chi connectivity index (χ3v) is 6.21. The van der Waals surface area contributed by atoms with E-state index in [-0.39, 0.29) is 34.8 Å². The van der Waals surface area contributed by atoms with E-state index in [0.29, 0.717) is 11.5 Å². The first-order valence-electron chi connectivity index (χ1n) is 9.81. The predicted molar refractivity (Wildman–Crippen MR) is 115 cm³/mol. The normalized spacial score (nSPS) is 14.2. The summed E-state index contributed by atoms with van der Waals surface area (Å²) in [5.41, 5.74) is 0.520. The number of carbonyl (C=O) groups excluding carboxylic acids is 2. The number of carbonyl (C=O) groups is 2. The van der Waals surface area contributed by atoms with Crippen LogP contribution in [0.15, 0.2) is 41.3 Å². The lowest BCUT2D eigenvalue weighted by atomic mass is 10.0. The first kappa shape index (κ1) is 23.6. The van der Waals surface area contributed by atoms with Crippen LogP contribution in [0.25, 0.3) is 0 Å². The monoisotopic (exact) mass is 463 g/mol. The van der Waals surface area contributed by atoms with Crippen LogP contribution >= 0.6 is 0 Å². The zero-order chi connectivity index (χ0) is 23.5. The van der Waals surface area contributed by atoms with Crippen molar-refractivity contribution in [2.24, 2.45) is 0 Å². The van der Waals surface area contributed by atoms with E-state index in [0.717, 1.165) is 38.3 Å². The van der Waals surface area contributed by atoms with E-state index in [1.54, 1.807) is 6.07 Å². The molecule has 0 amide bonds. The molecule has 1 N–H and O–H groups in total. The van der Waals surface area contributed by atoms with E-state index >= 15 is 0 Å². The van der Waals surface area contributed by atoms with Gasteiger partial charge in [-0.15, -0.1) is 0 Å². The Hall–Kier alpha value is -3.11. The van der Waals surface area contributed by atoms with Crippen LogP contribution in [0.2, 0.25) is 0 Å². The molecule has 2 aromatic carbocycles. The lowest BCUT2D eigenvalue weighted by molar-refractivity contribution is 0.0598. The molecule has 0 aliphatic carbocycles. The molecule has 0 atom stereocenters. The zero-order valence-corrected chi connectivity index (χ0v) is 19.1. The fourth-order valence-corrected chi connectivity index (χ4v) is 4.43. The van der Waals surface area contributed by atoms with E-state index in [4.69, 9.17) is 9.47 Å². The minimum Gasteiger partial charge on any atom is -0.488 e. The molecule has 0 bridgehead atoms. The van der Waals surface area contributed by atoms with Crippen LogP contribution in [0.1, 0.15) is 40.1 Å². The molecule has 9 nitrogen and oxygen atoms in total. The molecule has 2 aromatic rings. The second-order valence-electron chi connectivity index (χ2n) is 7.76. The molecule has 1 aliphatic rings. The van der Waals surface area contributed by atoms with Crippen LogP contribution in [0.5, 0.6) is 11.5 Å². The Labute approximate surface area is 186 Å². The van der Waals surface area contributed by atoms with Crippen LogP contribution in [0.4, 0.5) is 0 Å². The highest BCUT2D eigenvalue weighted by Crippen LogP contribution is 2.41. The first-order valence-corrected chi connectivity index (χ1v) is 11.3. The Morgan fingerprint density at radius 3 is 2.28 bits per heavy atom. The number of rotatable bonds is 8. The van der Waals surface area contributed by atoms with Gasteiger partial charge in [-0.3, -0.25) is 0 Å². The Kier molecular flexibility index (Phi) is 6.75. The van der Waals surface area contributed by atoms with Crippen molar-refractivity contribution in [3.05, 3.63) is 53.1 Å². The fraction of sp³-hybridized carbons (Fsp3) is 0.364. The molecule has 0 fully saturated rings. The number of sulfonamides is 1. The molecule has 3 rings (SSSR count). The van der Waals surface area contributed by atoms with E-state index in [1.165, 1.54) is 6.07 Å². The SMILES string of the molecule is COC(=O)c1cc(C(=O)OC)cc(S(=O)(=O)NCCOc2cccc3c2OC(C)(C)C3)c1. The van der Waals surface area contributed by atoms with Crippen molar-refractivity contribution in [3.63, 3.8) is 0 Å². The number of ether oxygens (including phenoxy) is 4. The van der Waals surface area contributed by atoms with Gasteiger partial charge in [-0.2, -0.15) is 0 Å². The van der Waals surface area contributed by atoms with Crippen LogP contribution < -0.4 is 14.2 Å². The van der Waals surface area contributed by atoms with Crippen LogP contribution in [0, 0.1) is 0 Å². The van der Waals surface area contributed by atoms with Crippen LogP contribution in [0.3, 0.4) is 0 Å². The molecule has 0 spiro atoms. The number of methoxy groups -OCH3 is 2. The van der Waals surface area contributed by atoms with Gasteiger partial charge in [-0.1, -0.05) is 12.1 Å². The second-order valence-corrected chi connectivity index (χ2v) is 9.53. The number of esters is 2. The van der Waals surface area contributed by atoms with Crippen molar-refractivity contribution < 1.29 is 37.0 Å². The summed E-state index contributed by atoms with van der Waals surface area (Å²) in [5, 5.41) is 0. The molecule has 10 heteroatoms. The fourth-order valence-electron chi connectivity index (χ4n) is 3.35. The van der Waals surface area contributed by atoms with Gasteiger partial charge in [-0.05, 0) is 38.1 Å². The lowest BCUT2D eigenvalue weighted by Gasteiger charge is -2.18. The topological polar surface area (TPSA) is 117 Å². The summed E-state index contributed by atoms with van der Waals surface area (Å²) in [6.07, 6.45) is 0.755. The maximum absolute atomic E-state index is 12.7. The van der Waals surface area contributed by atoms with Crippen molar-refractivity contribution >= 4 is 22.0 Å². The van der Waals surface area contributed by atoms with Gasteiger partial charge in [-0.25, -0.2) is 22.7 Å². The molecule has 0 aromatic heterocycles. The quantitative estimate of drug-likeness (QED) is 0.468. The standard InChI is InChI=1S/C22H25NO8S/c1-22(2)13-14-6-5-7-18(19(14)31-22)30-9-8-23-32(26,27)17-11-15(20(24)28-3)10-16(12-17)21(25)29-4/h5-7,10-12,23H,8-9,13H2,1-4H3. The Balaban J connectivity index is 1.71. The number of hydrogen-bond donors (Lipinski definition) is 1. The Morgan fingerprint density at radius 1 is 1.06 bits per heavy atom. The van der Waals surface area contributed by atoms with E-state index < -0.39 is 22.0 Å². The molecule has 0 radical (unpaired) electrons. The smallest absolute Gasteiger partial charge is 0.337 e. The molecule has 0 unspecified atom stereocenters. The lowest BCUT2D eigenvalue weighted by Crippen LogP contribution is -2.29. The largest absolute Gasteiger partial charge is 0.488 e. The van der Waals surface area contributed by atoms with Crippen molar-refractivity contribution in [1.82, 2.24) is 4.72 Å². The molecular weight excluding hydrogens is 438 g/mol. The Morgan fingerprint density at radius 2 is 1.69 bits per heavy atom. The van der Waals surface area contributed by atoms with Gasteiger partial charge in [0.05, 0.1) is 30.2 Å². The minimum absolute atomic E-state index is 0.0417. The van der Waals surface area contributed by atoms with Gasteiger partial charge in [0.2, 0.25) is 10.0 Å². The van der Waals surface area contributed by atoms with Crippen LogP contribution in [-0.4, -0.2) is 53.3 Å². The number of nitrogens with one attached hydrogen (secondary N) is 1. The van der Waals surface area contributed by atoms with E-state index in [1.807, 2.05) is 26.0 Å². The Bertz CT molecular complexity index is 1110. The van der Waals surface area contributed by atoms with Crippen molar-refractivity contribution in [1.29, 1.82) is 0 Å². The summed E-state index contributed by atoms with van der Waals surface area (Å²) in [6.45, 7) is 3.96. The van der Waals surface area contributed by atoms with Gasteiger partial charge in [0.1, 0.15) is 12.2 Å². The summed E-state index contributed by atoms with van der Waals surface area (Å²) in [6, 6.07) is 9.04. The van der Waals surface area contributed by atoms with Gasteiger partial charge < -0.3 is 18.9 Å². The summed E-state index contributed by atoms with van der Waals surface area (Å²) in [7, 11) is -1.74. The highest BCUT2D eigenvalue weighted by molar-refractivity contribution is 7.89. The highest BCUT2D eigenvalue weighted by Gasteiger charge is 2.32.